The molecule has 20 heavy (non-hydrogen) atoms. The molecular formula is C13H18N4OS2. The maximum Gasteiger partial charge on any atom is 0.206 e. The van der Waals surface area contributed by atoms with Crippen LogP contribution in [0, 0.1) is 13.8 Å². The highest BCUT2D eigenvalue weighted by atomic mass is 32.2. The minimum Gasteiger partial charge on any atom is -0.363 e. The van der Waals surface area contributed by atoms with E-state index in [1.54, 1.807) is 7.05 Å². The molecule has 108 valence electrons. The normalized spacial score (nSPS) is 10.8. The van der Waals surface area contributed by atoms with Crippen molar-refractivity contribution in [2.24, 2.45) is 0 Å². The van der Waals surface area contributed by atoms with Crippen molar-refractivity contribution in [2.75, 3.05) is 18.1 Å². The van der Waals surface area contributed by atoms with Crippen LogP contribution in [0.4, 0.5) is 5.13 Å². The second kappa shape index (κ2) is 6.41. The summed E-state index contributed by atoms with van der Waals surface area (Å²) in [6.45, 7) is 7.01. The first-order chi connectivity index (χ1) is 9.56. The number of rotatable bonds is 6. The molecule has 2 rings (SSSR count). The number of anilines is 1. The first-order valence-corrected chi connectivity index (χ1v) is 8.21. The quantitative estimate of drug-likeness (QED) is 0.656. The zero-order valence-electron chi connectivity index (χ0n) is 12.1. The van der Waals surface area contributed by atoms with Gasteiger partial charge in [0.05, 0.1) is 5.75 Å². The van der Waals surface area contributed by atoms with Crippen LogP contribution in [-0.2, 0) is 6.54 Å². The molecule has 0 saturated carbocycles. The number of aryl methyl sites for hydroxylation is 1. The smallest absolute Gasteiger partial charge is 0.206 e. The lowest BCUT2D eigenvalue weighted by Gasteiger charge is -2.05. The molecule has 0 unspecified atom stereocenters. The Balaban J connectivity index is 2.05. The molecule has 0 bridgehead atoms. The first-order valence-electron chi connectivity index (χ1n) is 6.40. The van der Waals surface area contributed by atoms with Crippen LogP contribution in [0.5, 0.6) is 0 Å². The van der Waals surface area contributed by atoms with E-state index in [0.29, 0.717) is 5.75 Å². The van der Waals surface area contributed by atoms with Crippen molar-refractivity contribution in [3.05, 3.63) is 23.0 Å². The van der Waals surface area contributed by atoms with Crippen LogP contribution >= 0.6 is 23.1 Å². The van der Waals surface area contributed by atoms with Gasteiger partial charge in [0.2, 0.25) is 5.13 Å². The SMILES string of the molecule is CCn1c(C)cc(C(=O)CSc2nnc(NC)s2)c1C. The molecule has 0 aromatic carbocycles. The standard InChI is InChI=1S/C13H18N4OS2/c1-5-17-8(2)6-10(9(17)3)11(18)7-19-13-16-15-12(14-4)20-13/h6H,5,7H2,1-4H3,(H,14,15). The third kappa shape index (κ3) is 3.04. The number of nitrogens with zero attached hydrogens (tertiary/aromatic N) is 3. The Morgan fingerprint density at radius 2 is 2.20 bits per heavy atom. The Kier molecular flexibility index (Phi) is 4.82. The lowest BCUT2D eigenvalue weighted by Crippen LogP contribution is -2.05. The molecule has 5 nitrogen and oxygen atoms in total. The van der Waals surface area contributed by atoms with E-state index in [1.807, 2.05) is 19.9 Å². The summed E-state index contributed by atoms with van der Waals surface area (Å²) in [7, 11) is 1.81. The van der Waals surface area contributed by atoms with Crippen LogP contribution in [0.2, 0.25) is 0 Å². The van der Waals surface area contributed by atoms with Crippen molar-refractivity contribution < 1.29 is 4.79 Å². The zero-order chi connectivity index (χ0) is 14.7. The second-order valence-corrected chi connectivity index (χ2v) is 6.56. The molecular weight excluding hydrogens is 292 g/mol. The Labute approximate surface area is 126 Å². The van der Waals surface area contributed by atoms with Crippen LogP contribution in [0.25, 0.3) is 0 Å². The van der Waals surface area contributed by atoms with E-state index in [0.717, 1.165) is 33.0 Å². The number of ketones is 1. The topological polar surface area (TPSA) is 59.8 Å². The summed E-state index contributed by atoms with van der Waals surface area (Å²) in [6.07, 6.45) is 0. The number of Topliss-reactive ketones (excluding diaryl/α,β-unsaturated/α-hetero) is 1. The average Bonchev–Trinajstić information content (AvgIpc) is 3.01. The zero-order valence-corrected chi connectivity index (χ0v) is 13.7. The minimum absolute atomic E-state index is 0.143. The number of carbonyl (C=O) groups excluding carboxylic acids is 1. The lowest BCUT2D eigenvalue weighted by atomic mass is 10.2. The molecule has 2 aromatic heterocycles. The van der Waals surface area contributed by atoms with Crippen LogP contribution in [0.3, 0.4) is 0 Å². The van der Waals surface area contributed by atoms with E-state index in [-0.39, 0.29) is 5.78 Å². The van der Waals surface area contributed by atoms with E-state index in [4.69, 9.17) is 0 Å². The molecule has 0 aliphatic rings. The average molecular weight is 310 g/mol. The highest BCUT2D eigenvalue weighted by Crippen LogP contribution is 2.26. The molecule has 0 aliphatic carbocycles. The van der Waals surface area contributed by atoms with Gasteiger partial charge in [0.15, 0.2) is 10.1 Å². The fraction of sp³-hybridized carbons (Fsp3) is 0.462. The van der Waals surface area contributed by atoms with Gasteiger partial charge in [-0.05, 0) is 26.8 Å². The van der Waals surface area contributed by atoms with Gasteiger partial charge in [-0.3, -0.25) is 4.79 Å². The monoisotopic (exact) mass is 310 g/mol. The molecule has 0 aliphatic heterocycles. The lowest BCUT2D eigenvalue weighted by molar-refractivity contribution is 0.102. The molecule has 1 N–H and O–H groups in total. The van der Waals surface area contributed by atoms with Crippen molar-refractivity contribution in [2.45, 2.75) is 31.7 Å². The van der Waals surface area contributed by atoms with Gasteiger partial charge in [-0.1, -0.05) is 23.1 Å². The van der Waals surface area contributed by atoms with E-state index >= 15 is 0 Å². The van der Waals surface area contributed by atoms with Crippen LogP contribution < -0.4 is 5.32 Å². The molecule has 0 radical (unpaired) electrons. The van der Waals surface area contributed by atoms with Crippen LogP contribution in [-0.4, -0.2) is 33.3 Å². The predicted octanol–water partition coefficient (Wildman–Crippen LogP) is 2.99. The van der Waals surface area contributed by atoms with Gasteiger partial charge >= 0.3 is 0 Å². The highest BCUT2D eigenvalue weighted by molar-refractivity contribution is 8.01. The van der Waals surface area contributed by atoms with E-state index in [1.165, 1.54) is 23.1 Å². The fourth-order valence-corrected chi connectivity index (χ4v) is 3.73. The summed E-state index contributed by atoms with van der Waals surface area (Å²) >= 11 is 2.90. The Hall–Kier alpha value is -1.34. The van der Waals surface area contributed by atoms with Crippen molar-refractivity contribution in [3.63, 3.8) is 0 Å². The third-order valence-electron chi connectivity index (χ3n) is 3.14. The van der Waals surface area contributed by atoms with Gasteiger partial charge in [-0.25, -0.2) is 0 Å². The van der Waals surface area contributed by atoms with Gasteiger partial charge in [-0.2, -0.15) is 0 Å². The highest BCUT2D eigenvalue weighted by Gasteiger charge is 2.16. The Morgan fingerprint density at radius 3 is 2.75 bits per heavy atom. The summed E-state index contributed by atoms with van der Waals surface area (Å²) in [4.78, 5) is 12.3. The largest absolute Gasteiger partial charge is 0.363 e. The molecule has 0 saturated heterocycles. The van der Waals surface area contributed by atoms with Gasteiger partial charge in [0, 0.05) is 30.5 Å². The molecule has 2 aromatic rings. The summed E-state index contributed by atoms with van der Waals surface area (Å²) < 4.78 is 2.97. The number of thioether (sulfide) groups is 1. The summed E-state index contributed by atoms with van der Waals surface area (Å²) in [5, 5.41) is 11.7. The molecule has 7 heteroatoms. The van der Waals surface area contributed by atoms with Gasteiger partial charge < -0.3 is 9.88 Å². The molecule has 0 spiro atoms. The van der Waals surface area contributed by atoms with Crippen LogP contribution in [0.15, 0.2) is 10.4 Å². The van der Waals surface area contributed by atoms with E-state index < -0.39 is 0 Å². The number of hydrogen-bond donors (Lipinski definition) is 1. The summed E-state index contributed by atoms with van der Waals surface area (Å²) in [5.74, 6) is 0.538. The van der Waals surface area contributed by atoms with Crippen molar-refractivity contribution in [3.8, 4) is 0 Å². The predicted molar refractivity (Wildman–Crippen MR) is 84.1 cm³/mol. The fourth-order valence-electron chi connectivity index (χ4n) is 2.14. The Morgan fingerprint density at radius 1 is 1.45 bits per heavy atom. The number of aromatic nitrogens is 3. The number of nitrogens with one attached hydrogen (secondary N) is 1. The minimum atomic E-state index is 0.143. The first kappa shape index (κ1) is 15.1. The van der Waals surface area contributed by atoms with Crippen LogP contribution in [0.1, 0.15) is 28.7 Å². The molecule has 0 amide bonds. The number of carbonyl (C=O) groups is 1. The second-order valence-electron chi connectivity index (χ2n) is 4.36. The van der Waals surface area contributed by atoms with Crippen molar-refractivity contribution >= 4 is 34.0 Å². The molecule has 2 heterocycles. The van der Waals surface area contributed by atoms with Gasteiger partial charge in [0.25, 0.3) is 0 Å². The van der Waals surface area contributed by atoms with E-state index in [9.17, 15) is 4.79 Å². The molecule has 0 fully saturated rings. The third-order valence-corrected chi connectivity index (χ3v) is 5.21. The molecule has 0 atom stereocenters. The maximum absolute atomic E-state index is 12.3. The Bertz CT molecular complexity index is 618. The van der Waals surface area contributed by atoms with E-state index in [2.05, 4.69) is 27.0 Å². The number of hydrogen-bond acceptors (Lipinski definition) is 6. The maximum atomic E-state index is 12.3. The van der Waals surface area contributed by atoms with Gasteiger partial charge in [0.1, 0.15) is 0 Å². The van der Waals surface area contributed by atoms with Crippen molar-refractivity contribution in [1.82, 2.24) is 14.8 Å². The summed E-state index contributed by atoms with van der Waals surface area (Å²) in [5.41, 5.74) is 2.99. The van der Waals surface area contributed by atoms with Crippen molar-refractivity contribution in [1.29, 1.82) is 0 Å². The van der Waals surface area contributed by atoms with Gasteiger partial charge in [-0.15, -0.1) is 10.2 Å². The summed E-state index contributed by atoms with van der Waals surface area (Å²) in [6, 6.07) is 1.97.